The van der Waals surface area contributed by atoms with Crippen molar-refractivity contribution >= 4 is 5.96 Å². The van der Waals surface area contributed by atoms with Gasteiger partial charge in [-0.3, -0.25) is 4.99 Å². The van der Waals surface area contributed by atoms with Crippen molar-refractivity contribution in [3.8, 4) is 0 Å². The maximum absolute atomic E-state index is 5.46. The molecule has 1 aliphatic rings. The van der Waals surface area contributed by atoms with E-state index in [0.29, 0.717) is 25.0 Å². The van der Waals surface area contributed by atoms with Crippen molar-refractivity contribution in [3.63, 3.8) is 0 Å². The highest BCUT2D eigenvalue weighted by Gasteiger charge is 2.15. The van der Waals surface area contributed by atoms with Crippen molar-refractivity contribution in [1.82, 2.24) is 30.6 Å². The smallest absolute Gasteiger partial charge is 0.191 e. The SMILES string of the molecule is CCC(CC)c1cc(CNC(=NC)NCc2nnc3n2CCCCC3)on1. The quantitative estimate of drug-likeness (QED) is 0.573. The topological polar surface area (TPSA) is 93.2 Å². The molecule has 0 atom stereocenters. The van der Waals surface area contributed by atoms with Crippen molar-refractivity contribution in [2.75, 3.05) is 7.05 Å². The minimum atomic E-state index is 0.461. The maximum atomic E-state index is 5.46. The molecule has 0 unspecified atom stereocenters. The zero-order chi connectivity index (χ0) is 19.1. The van der Waals surface area contributed by atoms with Gasteiger partial charge in [-0.1, -0.05) is 25.4 Å². The Labute approximate surface area is 160 Å². The molecule has 0 amide bonds. The predicted octanol–water partition coefficient (Wildman–Crippen LogP) is 2.76. The third-order valence-electron chi connectivity index (χ3n) is 5.23. The van der Waals surface area contributed by atoms with Crippen molar-refractivity contribution < 1.29 is 4.52 Å². The number of aryl methyl sites for hydroxylation is 1. The number of guanidine groups is 1. The molecule has 3 rings (SSSR count). The van der Waals surface area contributed by atoms with Gasteiger partial charge in [-0.2, -0.15) is 0 Å². The first-order valence-corrected chi connectivity index (χ1v) is 10.1. The summed E-state index contributed by atoms with van der Waals surface area (Å²) >= 11 is 0. The lowest BCUT2D eigenvalue weighted by molar-refractivity contribution is 0.368. The molecule has 0 radical (unpaired) electrons. The molecule has 8 nitrogen and oxygen atoms in total. The van der Waals surface area contributed by atoms with Gasteiger partial charge in [-0.15, -0.1) is 10.2 Å². The molecule has 3 heterocycles. The van der Waals surface area contributed by atoms with Crippen LogP contribution in [0.15, 0.2) is 15.6 Å². The van der Waals surface area contributed by atoms with E-state index in [1.54, 1.807) is 7.05 Å². The number of aliphatic imine (C=N–C) groups is 1. The summed E-state index contributed by atoms with van der Waals surface area (Å²) in [6.07, 6.45) is 6.81. The monoisotopic (exact) mass is 373 g/mol. The summed E-state index contributed by atoms with van der Waals surface area (Å²) in [5.41, 5.74) is 1.03. The molecule has 0 aliphatic carbocycles. The van der Waals surface area contributed by atoms with Crippen molar-refractivity contribution in [3.05, 3.63) is 29.2 Å². The molecular formula is C19H31N7O. The summed E-state index contributed by atoms with van der Waals surface area (Å²) in [5, 5.41) is 19.5. The zero-order valence-corrected chi connectivity index (χ0v) is 16.7. The van der Waals surface area contributed by atoms with Crippen LogP contribution in [-0.2, 0) is 26.1 Å². The third-order valence-corrected chi connectivity index (χ3v) is 5.23. The van der Waals surface area contributed by atoms with E-state index in [1.165, 1.54) is 19.3 Å². The molecule has 0 spiro atoms. The second kappa shape index (κ2) is 9.53. The zero-order valence-electron chi connectivity index (χ0n) is 16.7. The van der Waals surface area contributed by atoms with E-state index in [4.69, 9.17) is 4.52 Å². The van der Waals surface area contributed by atoms with E-state index in [2.05, 4.69) is 49.4 Å². The number of aromatic nitrogens is 4. The van der Waals surface area contributed by atoms with Crippen LogP contribution in [0.4, 0.5) is 0 Å². The van der Waals surface area contributed by atoms with Gasteiger partial charge in [-0.05, 0) is 25.7 Å². The molecule has 2 aromatic heterocycles. The highest BCUT2D eigenvalue weighted by atomic mass is 16.5. The molecule has 0 fully saturated rings. The van der Waals surface area contributed by atoms with Crippen LogP contribution in [0.1, 0.15) is 75.0 Å². The highest BCUT2D eigenvalue weighted by Crippen LogP contribution is 2.22. The van der Waals surface area contributed by atoms with E-state index in [9.17, 15) is 0 Å². The summed E-state index contributed by atoms with van der Waals surface area (Å²) in [7, 11) is 1.76. The van der Waals surface area contributed by atoms with Crippen LogP contribution in [0.3, 0.4) is 0 Å². The number of hydrogen-bond acceptors (Lipinski definition) is 5. The minimum absolute atomic E-state index is 0.461. The van der Waals surface area contributed by atoms with Crippen LogP contribution in [0.25, 0.3) is 0 Å². The van der Waals surface area contributed by atoms with Crippen LogP contribution < -0.4 is 10.6 Å². The molecule has 0 saturated heterocycles. The number of fused-ring (bicyclic) bond motifs is 1. The molecule has 1 aliphatic heterocycles. The van der Waals surface area contributed by atoms with Gasteiger partial charge >= 0.3 is 0 Å². The first kappa shape index (κ1) is 19.4. The average Bonchev–Trinajstić information content (AvgIpc) is 3.24. The van der Waals surface area contributed by atoms with Crippen LogP contribution in [-0.4, -0.2) is 32.9 Å². The molecular weight excluding hydrogens is 342 g/mol. The second-order valence-electron chi connectivity index (χ2n) is 7.01. The summed E-state index contributed by atoms with van der Waals surface area (Å²) in [5.74, 6) is 4.05. The van der Waals surface area contributed by atoms with E-state index in [1.807, 2.05) is 6.07 Å². The second-order valence-corrected chi connectivity index (χ2v) is 7.01. The summed E-state index contributed by atoms with van der Waals surface area (Å²) < 4.78 is 7.70. The third kappa shape index (κ3) is 4.87. The van der Waals surface area contributed by atoms with Crippen LogP contribution >= 0.6 is 0 Å². The molecule has 0 saturated carbocycles. The predicted molar refractivity (Wildman–Crippen MR) is 104 cm³/mol. The van der Waals surface area contributed by atoms with Gasteiger partial charge in [0.25, 0.3) is 0 Å². The Bertz CT molecular complexity index is 745. The van der Waals surface area contributed by atoms with E-state index in [-0.39, 0.29) is 0 Å². The van der Waals surface area contributed by atoms with Crippen molar-refractivity contribution in [1.29, 1.82) is 0 Å². The fourth-order valence-electron chi connectivity index (χ4n) is 3.54. The largest absolute Gasteiger partial charge is 0.359 e. The standard InChI is InChI=1S/C19H31N7O/c1-4-14(5-2)16-11-15(27-25-16)12-21-19(20-3)22-13-18-24-23-17-9-7-6-8-10-26(17)18/h11,14H,4-10,12-13H2,1-3H3,(H2,20,21,22). The Kier molecular flexibility index (Phi) is 6.84. The van der Waals surface area contributed by atoms with Gasteiger partial charge in [0.2, 0.25) is 0 Å². The van der Waals surface area contributed by atoms with E-state index >= 15 is 0 Å². The lowest BCUT2D eigenvalue weighted by atomic mass is 9.99. The molecule has 8 heteroatoms. The Balaban J connectivity index is 1.52. The molecule has 148 valence electrons. The summed E-state index contributed by atoms with van der Waals surface area (Å²) in [4.78, 5) is 4.28. The number of nitrogens with one attached hydrogen (secondary N) is 2. The van der Waals surface area contributed by atoms with Gasteiger partial charge < -0.3 is 19.7 Å². The highest BCUT2D eigenvalue weighted by molar-refractivity contribution is 5.79. The Morgan fingerprint density at radius 2 is 2.00 bits per heavy atom. The first-order chi connectivity index (χ1) is 13.2. The molecule has 2 aromatic rings. The van der Waals surface area contributed by atoms with Gasteiger partial charge in [0, 0.05) is 32.0 Å². The molecule has 0 aromatic carbocycles. The van der Waals surface area contributed by atoms with Crippen molar-refractivity contribution in [2.45, 2.75) is 77.9 Å². The van der Waals surface area contributed by atoms with Crippen LogP contribution in [0, 0.1) is 0 Å². The fraction of sp³-hybridized carbons (Fsp3) is 0.684. The Hall–Kier alpha value is -2.38. The minimum Gasteiger partial charge on any atom is -0.359 e. The lowest BCUT2D eigenvalue weighted by Crippen LogP contribution is -2.37. The summed E-state index contributed by atoms with van der Waals surface area (Å²) in [6.45, 7) is 6.50. The van der Waals surface area contributed by atoms with E-state index in [0.717, 1.165) is 48.9 Å². The fourth-order valence-corrected chi connectivity index (χ4v) is 3.54. The van der Waals surface area contributed by atoms with Crippen LogP contribution in [0.2, 0.25) is 0 Å². The molecule has 27 heavy (non-hydrogen) atoms. The van der Waals surface area contributed by atoms with Gasteiger partial charge in [0.15, 0.2) is 17.5 Å². The molecule has 0 bridgehead atoms. The Morgan fingerprint density at radius 3 is 2.78 bits per heavy atom. The number of nitrogens with zero attached hydrogens (tertiary/aromatic N) is 5. The Morgan fingerprint density at radius 1 is 1.19 bits per heavy atom. The number of rotatable bonds is 7. The van der Waals surface area contributed by atoms with Gasteiger partial charge in [-0.25, -0.2) is 0 Å². The average molecular weight is 374 g/mol. The van der Waals surface area contributed by atoms with Gasteiger partial charge in [0.05, 0.1) is 18.8 Å². The van der Waals surface area contributed by atoms with Crippen molar-refractivity contribution in [2.24, 2.45) is 4.99 Å². The summed E-state index contributed by atoms with van der Waals surface area (Å²) in [6, 6.07) is 2.04. The first-order valence-electron chi connectivity index (χ1n) is 10.1. The maximum Gasteiger partial charge on any atom is 0.191 e. The lowest BCUT2D eigenvalue weighted by Gasteiger charge is -2.11. The number of hydrogen-bond donors (Lipinski definition) is 2. The normalized spacial score (nSPS) is 14.9. The molecule has 2 N–H and O–H groups in total. The van der Waals surface area contributed by atoms with Gasteiger partial charge in [0.1, 0.15) is 5.82 Å². The van der Waals surface area contributed by atoms with Crippen LogP contribution in [0.5, 0.6) is 0 Å². The van der Waals surface area contributed by atoms with E-state index < -0.39 is 0 Å².